The van der Waals surface area contributed by atoms with Crippen molar-refractivity contribution in [1.29, 1.82) is 0 Å². The van der Waals surface area contributed by atoms with E-state index in [9.17, 15) is 31.1 Å². The molecule has 0 aliphatic rings. The number of benzene rings is 1. The van der Waals surface area contributed by atoms with E-state index < -0.39 is 40.9 Å². The van der Waals surface area contributed by atoms with E-state index in [1.54, 1.807) is 0 Å². The minimum Gasteiger partial charge on any atom is -0.355 e. The number of aryl methyl sites for hydroxylation is 1. The minimum absolute atomic E-state index is 0.0619. The van der Waals surface area contributed by atoms with E-state index in [2.05, 4.69) is 26.0 Å². The Morgan fingerprint density at radius 2 is 1.66 bits per heavy atom. The second-order valence-electron chi connectivity index (χ2n) is 6.55. The third-order valence-corrected chi connectivity index (χ3v) is 4.24. The van der Waals surface area contributed by atoms with E-state index in [1.807, 2.05) is 0 Å². The molecule has 13 heteroatoms. The average Bonchev–Trinajstić information content (AvgIpc) is 3.07. The summed E-state index contributed by atoms with van der Waals surface area (Å²) >= 11 is 0. The van der Waals surface area contributed by atoms with Crippen molar-refractivity contribution in [2.45, 2.75) is 12.4 Å². The van der Waals surface area contributed by atoms with Crippen LogP contribution in [0.4, 0.5) is 49.2 Å². The van der Waals surface area contributed by atoms with Gasteiger partial charge in [0.15, 0.2) is 5.69 Å². The van der Waals surface area contributed by atoms with Gasteiger partial charge >= 0.3 is 12.4 Å². The van der Waals surface area contributed by atoms with Gasteiger partial charge in [0.1, 0.15) is 5.82 Å². The van der Waals surface area contributed by atoms with Gasteiger partial charge < -0.3 is 16.0 Å². The van der Waals surface area contributed by atoms with E-state index in [-0.39, 0.29) is 17.1 Å². The molecule has 0 atom stereocenters. The monoisotopic (exact) mass is 458 g/mol. The molecule has 0 saturated carbocycles. The zero-order valence-corrected chi connectivity index (χ0v) is 16.6. The van der Waals surface area contributed by atoms with E-state index in [0.29, 0.717) is 6.20 Å². The number of halogens is 6. The Balaban J connectivity index is 2.04. The van der Waals surface area contributed by atoms with Crippen molar-refractivity contribution in [2.24, 2.45) is 7.05 Å². The van der Waals surface area contributed by atoms with Crippen molar-refractivity contribution in [1.82, 2.24) is 20.1 Å². The summed E-state index contributed by atoms with van der Waals surface area (Å²) in [5.41, 5.74) is -3.28. The maximum Gasteiger partial charge on any atom is 0.437 e. The Kier molecular flexibility index (Phi) is 6.01. The summed E-state index contributed by atoms with van der Waals surface area (Å²) in [5, 5.41) is 10.6. The molecule has 7 nitrogen and oxygen atoms in total. The fourth-order valence-corrected chi connectivity index (χ4v) is 2.85. The van der Waals surface area contributed by atoms with Crippen LogP contribution in [0.25, 0.3) is 0 Å². The maximum atomic E-state index is 13.5. The maximum absolute atomic E-state index is 13.5. The van der Waals surface area contributed by atoms with Crippen LogP contribution < -0.4 is 16.0 Å². The van der Waals surface area contributed by atoms with Crippen LogP contribution in [0.5, 0.6) is 0 Å². The number of nitrogens with one attached hydrogen (secondary N) is 3. The summed E-state index contributed by atoms with van der Waals surface area (Å²) in [6.45, 7) is 0. The number of hydrogen-bond acceptors (Lipinski definition) is 5. The van der Waals surface area contributed by atoms with Crippen molar-refractivity contribution in [3.05, 3.63) is 59.5 Å². The molecule has 0 aliphatic heterocycles. The third kappa shape index (κ3) is 4.92. The lowest BCUT2D eigenvalue weighted by Crippen LogP contribution is -2.19. The standard InChI is InChI=1S/C19H16F6N6O/c1-26-17(32)10-5-3-4-6-12(10)28-13-7-15(27-8-11(13)18(20,21)22)29-14-9-31(2)30-16(14)19(23,24)25/h3-9H,1-2H3,(H,26,32)(H2,27,28,29). The SMILES string of the molecule is CNC(=O)c1ccccc1Nc1cc(Nc2cn(C)nc2C(F)(F)F)ncc1C(F)(F)F. The molecule has 0 bridgehead atoms. The number of alkyl halides is 6. The number of rotatable bonds is 5. The Labute approximate surface area is 177 Å². The fourth-order valence-electron chi connectivity index (χ4n) is 2.85. The van der Waals surface area contributed by atoms with Gasteiger partial charge in [0.05, 0.1) is 28.2 Å². The van der Waals surface area contributed by atoms with Crippen LogP contribution in [0, 0.1) is 0 Å². The van der Waals surface area contributed by atoms with Gasteiger partial charge in [-0.15, -0.1) is 0 Å². The highest BCUT2D eigenvalue weighted by Crippen LogP contribution is 2.39. The first kappa shape index (κ1) is 22.9. The third-order valence-electron chi connectivity index (χ3n) is 4.24. The molecule has 0 aliphatic carbocycles. The summed E-state index contributed by atoms with van der Waals surface area (Å²) in [6.07, 6.45) is -8.10. The molecule has 3 rings (SSSR count). The predicted octanol–water partition coefficient (Wildman–Crippen LogP) is 4.70. The number of amides is 1. The van der Waals surface area contributed by atoms with Crippen LogP contribution in [-0.2, 0) is 19.4 Å². The zero-order valence-electron chi connectivity index (χ0n) is 16.6. The van der Waals surface area contributed by atoms with E-state index in [4.69, 9.17) is 0 Å². The molecule has 0 saturated heterocycles. The molecular weight excluding hydrogens is 442 g/mol. The van der Waals surface area contributed by atoms with Gasteiger partial charge in [0, 0.05) is 32.6 Å². The van der Waals surface area contributed by atoms with Gasteiger partial charge in [-0.25, -0.2) is 4.98 Å². The van der Waals surface area contributed by atoms with Gasteiger partial charge in [-0.2, -0.15) is 31.4 Å². The van der Waals surface area contributed by atoms with Crippen LogP contribution in [0.2, 0.25) is 0 Å². The molecule has 32 heavy (non-hydrogen) atoms. The molecule has 1 amide bonds. The quantitative estimate of drug-likeness (QED) is 0.483. The first-order valence-electron chi connectivity index (χ1n) is 8.93. The molecule has 170 valence electrons. The zero-order chi connectivity index (χ0) is 23.7. The molecule has 0 fully saturated rings. The van der Waals surface area contributed by atoms with Crippen LogP contribution in [-0.4, -0.2) is 27.7 Å². The highest BCUT2D eigenvalue weighted by molar-refractivity contribution is 6.00. The smallest absolute Gasteiger partial charge is 0.355 e. The van der Waals surface area contributed by atoms with Crippen LogP contribution in [0.15, 0.2) is 42.7 Å². The second-order valence-corrected chi connectivity index (χ2v) is 6.55. The predicted molar refractivity (Wildman–Crippen MR) is 104 cm³/mol. The first-order valence-corrected chi connectivity index (χ1v) is 8.93. The largest absolute Gasteiger partial charge is 0.437 e. The van der Waals surface area contributed by atoms with Crippen molar-refractivity contribution in [2.75, 3.05) is 17.7 Å². The molecule has 3 aromatic rings. The average molecular weight is 458 g/mol. The lowest BCUT2D eigenvalue weighted by Gasteiger charge is -2.17. The molecule has 0 radical (unpaired) electrons. The van der Waals surface area contributed by atoms with Crippen LogP contribution in [0.3, 0.4) is 0 Å². The number of carbonyl (C=O) groups is 1. The molecule has 0 spiro atoms. The van der Waals surface area contributed by atoms with Gasteiger partial charge in [-0.1, -0.05) is 12.1 Å². The molecule has 3 N–H and O–H groups in total. The Bertz CT molecular complexity index is 1140. The van der Waals surface area contributed by atoms with E-state index in [1.165, 1.54) is 38.4 Å². The number of para-hydroxylation sites is 1. The normalized spacial score (nSPS) is 11.9. The van der Waals surface area contributed by atoms with Crippen molar-refractivity contribution in [3.8, 4) is 0 Å². The number of anilines is 4. The summed E-state index contributed by atoms with van der Waals surface area (Å²) < 4.78 is 81.0. The Morgan fingerprint density at radius 1 is 0.969 bits per heavy atom. The topological polar surface area (TPSA) is 83.9 Å². The lowest BCUT2D eigenvalue weighted by atomic mass is 10.1. The molecular formula is C19H16F6N6O. The molecule has 1 aromatic carbocycles. The second kappa shape index (κ2) is 8.40. The molecule has 2 aromatic heterocycles. The summed E-state index contributed by atoms with van der Waals surface area (Å²) in [4.78, 5) is 15.6. The lowest BCUT2D eigenvalue weighted by molar-refractivity contribution is -0.140. The van der Waals surface area contributed by atoms with Crippen LogP contribution >= 0.6 is 0 Å². The number of pyridine rings is 1. The fraction of sp³-hybridized carbons (Fsp3) is 0.211. The number of nitrogens with zero attached hydrogens (tertiary/aromatic N) is 3. The van der Waals surface area contributed by atoms with Gasteiger partial charge in [-0.3, -0.25) is 9.48 Å². The van der Waals surface area contributed by atoms with Gasteiger partial charge in [-0.05, 0) is 12.1 Å². The van der Waals surface area contributed by atoms with Crippen LogP contribution in [0.1, 0.15) is 21.6 Å². The molecule has 0 unspecified atom stereocenters. The Morgan fingerprint density at radius 3 is 2.28 bits per heavy atom. The van der Waals surface area contributed by atoms with Crippen molar-refractivity contribution < 1.29 is 31.1 Å². The number of carbonyl (C=O) groups excluding carboxylic acids is 1. The summed E-state index contributed by atoms with van der Waals surface area (Å²) in [6, 6.07) is 6.73. The highest BCUT2D eigenvalue weighted by atomic mass is 19.4. The highest BCUT2D eigenvalue weighted by Gasteiger charge is 2.38. The van der Waals surface area contributed by atoms with Gasteiger partial charge in [0.2, 0.25) is 0 Å². The first-order chi connectivity index (χ1) is 14.9. The van der Waals surface area contributed by atoms with Crippen molar-refractivity contribution >= 4 is 28.8 Å². The van der Waals surface area contributed by atoms with E-state index in [0.717, 1.165) is 16.9 Å². The minimum atomic E-state index is -4.82. The van der Waals surface area contributed by atoms with Crippen molar-refractivity contribution in [3.63, 3.8) is 0 Å². The van der Waals surface area contributed by atoms with E-state index >= 15 is 0 Å². The summed E-state index contributed by atoms with van der Waals surface area (Å²) in [7, 11) is 2.63. The number of hydrogen-bond donors (Lipinski definition) is 3. The summed E-state index contributed by atoms with van der Waals surface area (Å²) in [5.74, 6) is -0.837. The molecule has 2 heterocycles. The number of aromatic nitrogens is 3. The Hall–Kier alpha value is -3.77. The van der Waals surface area contributed by atoms with Gasteiger partial charge in [0.25, 0.3) is 5.91 Å².